The maximum absolute atomic E-state index is 12.0. The van der Waals surface area contributed by atoms with Crippen LogP contribution in [0.2, 0.25) is 0 Å². The molecule has 5 heteroatoms. The lowest BCUT2D eigenvalue weighted by molar-refractivity contribution is 0.0146. The molecule has 0 aromatic heterocycles. The summed E-state index contributed by atoms with van der Waals surface area (Å²) >= 11 is 0. The fourth-order valence-electron chi connectivity index (χ4n) is 2.56. The monoisotopic (exact) mass is 313 g/mol. The highest BCUT2D eigenvalue weighted by molar-refractivity contribution is 5.68. The van der Waals surface area contributed by atoms with Gasteiger partial charge in [0, 0.05) is 45.3 Å². The summed E-state index contributed by atoms with van der Waals surface area (Å²) < 4.78 is 5.42. The first-order valence-electron chi connectivity index (χ1n) is 8.75. The third-order valence-corrected chi connectivity index (χ3v) is 3.94. The molecule has 1 N–H and O–H groups in total. The molecule has 1 saturated heterocycles. The molecule has 22 heavy (non-hydrogen) atoms. The maximum Gasteiger partial charge on any atom is 0.410 e. The van der Waals surface area contributed by atoms with Gasteiger partial charge >= 0.3 is 6.09 Å². The summed E-state index contributed by atoms with van der Waals surface area (Å²) in [5, 5.41) is 3.58. The van der Waals surface area contributed by atoms with Crippen LogP contribution in [-0.2, 0) is 4.74 Å². The SMILES string of the molecule is CCCCC(C)NCCN1CCN(C(=O)OC(C)(C)C)CC1. The molecule has 0 aromatic carbocycles. The smallest absolute Gasteiger partial charge is 0.410 e. The first kappa shape index (κ1) is 19.2. The van der Waals surface area contributed by atoms with Crippen molar-refractivity contribution in [2.75, 3.05) is 39.3 Å². The fraction of sp³-hybridized carbons (Fsp3) is 0.941. The van der Waals surface area contributed by atoms with E-state index in [0.29, 0.717) is 6.04 Å². The second kappa shape index (κ2) is 9.36. The van der Waals surface area contributed by atoms with Gasteiger partial charge in [-0.25, -0.2) is 4.79 Å². The van der Waals surface area contributed by atoms with Crippen LogP contribution in [0.5, 0.6) is 0 Å². The van der Waals surface area contributed by atoms with Gasteiger partial charge in [0.2, 0.25) is 0 Å². The maximum atomic E-state index is 12.0. The summed E-state index contributed by atoms with van der Waals surface area (Å²) in [7, 11) is 0. The van der Waals surface area contributed by atoms with Crippen molar-refractivity contribution in [3.05, 3.63) is 0 Å². The van der Waals surface area contributed by atoms with Crippen LogP contribution in [0.15, 0.2) is 0 Å². The Morgan fingerprint density at radius 2 is 1.86 bits per heavy atom. The molecule has 1 rings (SSSR count). The van der Waals surface area contributed by atoms with E-state index in [9.17, 15) is 4.79 Å². The molecule has 0 aliphatic carbocycles. The van der Waals surface area contributed by atoms with Crippen LogP contribution in [-0.4, -0.2) is 66.8 Å². The molecule has 1 aliphatic rings. The van der Waals surface area contributed by atoms with E-state index in [2.05, 4.69) is 24.1 Å². The van der Waals surface area contributed by atoms with E-state index in [1.54, 1.807) is 0 Å². The number of nitrogens with zero attached hydrogens (tertiary/aromatic N) is 2. The number of carbonyl (C=O) groups is 1. The van der Waals surface area contributed by atoms with Crippen molar-refractivity contribution in [1.82, 2.24) is 15.1 Å². The molecule has 1 fully saturated rings. The minimum atomic E-state index is -0.410. The van der Waals surface area contributed by atoms with E-state index in [-0.39, 0.29) is 6.09 Å². The van der Waals surface area contributed by atoms with Gasteiger partial charge in [0.1, 0.15) is 5.60 Å². The molecule has 1 unspecified atom stereocenters. The lowest BCUT2D eigenvalue weighted by Gasteiger charge is -2.35. The second-order valence-corrected chi connectivity index (χ2v) is 7.31. The molecule has 0 bridgehead atoms. The van der Waals surface area contributed by atoms with Crippen molar-refractivity contribution in [1.29, 1.82) is 0 Å². The minimum Gasteiger partial charge on any atom is -0.444 e. The Morgan fingerprint density at radius 3 is 2.41 bits per heavy atom. The van der Waals surface area contributed by atoms with Gasteiger partial charge in [0.25, 0.3) is 0 Å². The first-order valence-corrected chi connectivity index (χ1v) is 8.75. The second-order valence-electron chi connectivity index (χ2n) is 7.31. The number of hydrogen-bond donors (Lipinski definition) is 1. The molecule has 1 atom stereocenters. The minimum absolute atomic E-state index is 0.182. The Morgan fingerprint density at radius 1 is 1.23 bits per heavy atom. The topological polar surface area (TPSA) is 44.8 Å². The lowest BCUT2D eigenvalue weighted by Crippen LogP contribution is -2.51. The van der Waals surface area contributed by atoms with Crippen molar-refractivity contribution in [2.24, 2.45) is 0 Å². The van der Waals surface area contributed by atoms with Gasteiger partial charge in [-0.15, -0.1) is 0 Å². The highest BCUT2D eigenvalue weighted by Crippen LogP contribution is 2.11. The molecular weight excluding hydrogens is 278 g/mol. The lowest BCUT2D eigenvalue weighted by atomic mass is 10.1. The van der Waals surface area contributed by atoms with E-state index in [1.807, 2.05) is 25.7 Å². The molecule has 0 saturated carbocycles. The number of hydrogen-bond acceptors (Lipinski definition) is 4. The standard InChI is InChI=1S/C17H35N3O2/c1-6-7-8-15(2)18-9-10-19-11-13-20(14-12-19)16(21)22-17(3,4)5/h15,18H,6-14H2,1-5H3. The average Bonchev–Trinajstić information content (AvgIpc) is 2.44. The number of nitrogens with one attached hydrogen (secondary N) is 1. The fourth-order valence-corrected chi connectivity index (χ4v) is 2.56. The predicted molar refractivity (Wildman–Crippen MR) is 91.2 cm³/mol. The normalized spacial score (nSPS) is 18.3. The van der Waals surface area contributed by atoms with Gasteiger partial charge in [-0.1, -0.05) is 19.8 Å². The summed E-state index contributed by atoms with van der Waals surface area (Å²) in [6, 6.07) is 0.600. The van der Waals surface area contributed by atoms with E-state index >= 15 is 0 Å². The Bertz CT molecular complexity index is 320. The molecular formula is C17H35N3O2. The summed E-state index contributed by atoms with van der Waals surface area (Å²) in [4.78, 5) is 16.2. The van der Waals surface area contributed by atoms with E-state index < -0.39 is 5.60 Å². The molecule has 0 radical (unpaired) electrons. The zero-order chi connectivity index (χ0) is 16.6. The molecule has 1 heterocycles. The number of rotatable bonds is 7. The van der Waals surface area contributed by atoms with Gasteiger partial charge in [0.15, 0.2) is 0 Å². The van der Waals surface area contributed by atoms with Crippen LogP contribution in [0.4, 0.5) is 4.79 Å². The van der Waals surface area contributed by atoms with Gasteiger partial charge in [0.05, 0.1) is 0 Å². The zero-order valence-electron chi connectivity index (χ0n) is 15.2. The zero-order valence-corrected chi connectivity index (χ0v) is 15.2. The Labute approximate surface area is 136 Å². The van der Waals surface area contributed by atoms with Crippen LogP contribution in [0.1, 0.15) is 53.9 Å². The predicted octanol–water partition coefficient (Wildman–Crippen LogP) is 2.71. The first-order chi connectivity index (χ1) is 10.3. The molecule has 1 aliphatic heterocycles. The van der Waals surface area contributed by atoms with Gasteiger partial charge < -0.3 is 15.0 Å². The van der Waals surface area contributed by atoms with E-state index in [1.165, 1.54) is 19.3 Å². The number of amides is 1. The Kier molecular flexibility index (Phi) is 8.18. The quantitative estimate of drug-likeness (QED) is 0.785. The van der Waals surface area contributed by atoms with E-state index in [4.69, 9.17) is 4.74 Å². The van der Waals surface area contributed by atoms with E-state index in [0.717, 1.165) is 39.3 Å². The van der Waals surface area contributed by atoms with Crippen molar-refractivity contribution >= 4 is 6.09 Å². The van der Waals surface area contributed by atoms with Crippen molar-refractivity contribution in [2.45, 2.75) is 65.5 Å². The highest BCUT2D eigenvalue weighted by atomic mass is 16.6. The molecule has 130 valence electrons. The number of piperazine rings is 1. The largest absolute Gasteiger partial charge is 0.444 e. The summed E-state index contributed by atoms with van der Waals surface area (Å²) in [5.74, 6) is 0. The number of unbranched alkanes of at least 4 members (excludes halogenated alkanes) is 1. The Hall–Kier alpha value is -0.810. The molecule has 5 nitrogen and oxygen atoms in total. The van der Waals surface area contributed by atoms with Crippen LogP contribution >= 0.6 is 0 Å². The van der Waals surface area contributed by atoms with Crippen LogP contribution in [0, 0.1) is 0 Å². The molecule has 0 spiro atoms. The van der Waals surface area contributed by atoms with Crippen LogP contribution in [0.25, 0.3) is 0 Å². The van der Waals surface area contributed by atoms with Gasteiger partial charge in [-0.3, -0.25) is 4.90 Å². The third kappa shape index (κ3) is 7.99. The number of ether oxygens (including phenoxy) is 1. The Balaban J connectivity index is 2.16. The average molecular weight is 313 g/mol. The molecule has 1 amide bonds. The van der Waals surface area contributed by atoms with Crippen LogP contribution < -0.4 is 5.32 Å². The van der Waals surface area contributed by atoms with Crippen molar-refractivity contribution in [3.63, 3.8) is 0 Å². The summed E-state index contributed by atoms with van der Waals surface area (Å²) in [6.45, 7) is 15.7. The molecule has 0 aromatic rings. The third-order valence-electron chi connectivity index (χ3n) is 3.94. The summed E-state index contributed by atoms with van der Waals surface area (Å²) in [6.07, 6.45) is 3.63. The van der Waals surface area contributed by atoms with Crippen molar-refractivity contribution in [3.8, 4) is 0 Å². The number of carbonyl (C=O) groups excluding carboxylic acids is 1. The highest BCUT2D eigenvalue weighted by Gasteiger charge is 2.25. The van der Waals surface area contributed by atoms with Crippen molar-refractivity contribution < 1.29 is 9.53 Å². The van der Waals surface area contributed by atoms with Gasteiger partial charge in [-0.2, -0.15) is 0 Å². The van der Waals surface area contributed by atoms with Crippen LogP contribution in [0.3, 0.4) is 0 Å². The van der Waals surface area contributed by atoms with Gasteiger partial charge in [-0.05, 0) is 34.1 Å². The summed E-state index contributed by atoms with van der Waals surface area (Å²) in [5.41, 5.74) is -0.410.